The van der Waals surface area contributed by atoms with Gasteiger partial charge in [-0.1, -0.05) is 84.9 Å². The van der Waals surface area contributed by atoms with Gasteiger partial charge in [0.2, 0.25) is 0 Å². The Morgan fingerprint density at radius 2 is 1.17 bits per heavy atom. The van der Waals surface area contributed by atoms with E-state index in [1.807, 2.05) is 18.2 Å². The normalized spacial score (nSPS) is 9.91. The van der Waals surface area contributed by atoms with Gasteiger partial charge < -0.3 is 0 Å². The summed E-state index contributed by atoms with van der Waals surface area (Å²) in [5.74, 6) is 0. The highest BCUT2D eigenvalue weighted by molar-refractivity contribution is 8.93. The van der Waals surface area contributed by atoms with Crippen LogP contribution in [0.1, 0.15) is 5.56 Å². The van der Waals surface area contributed by atoms with Crippen LogP contribution < -0.4 is 15.9 Å². The predicted molar refractivity (Wildman–Crippen MR) is 105 cm³/mol. The third-order valence-electron chi connectivity index (χ3n) is 3.53. The average molecular weight is 382 g/mol. The van der Waals surface area contributed by atoms with E-state index in [-0.39, 0.29) is 17.0 Å². The zero-order valence-corrected chi connectivity index (χ0v) is 15.2. The molecule has 0 aromatic heterocycles. The lowest BCUT2D eigenvalue weighted by molar-refractivity contribution is 1.28. The largest absolute Gasteiger partial charge is 0.198 e. The van der Waals surface area contributed by atoms with Crippen molar-refractivity contribution in [3.63, 3.8) is 0 Å². The van der Waals surface area contributed by atoms with Crippen LogP contribution in [0.25, 0.3) is 0 Å². The molecular formula is C20H17BrNP. The molecule has 0 N–H and O–H groups in total. The van der Waals surface area contributed by atoms with Gasteiger partial charge in [0, 0.05) is 0 Å². The maximum atomic E-state index is 9.12. The molecular weight excluding hydrogens is 365 g/mol. The number of halogens is 1. The first kappa shape index (κ1) is 17.4. The Morgan fingerprint density at radius 3 is 1.70 bits per heavy atom. The maximum absolute atomic E-state index is 9.12. The van der Waals surface area contributed by atoms with E-state index in [1.165, 1.54) is 15.9 Å². The number of nitriles is 1. The minimum absolute atomic E-state index is 0. The van der Waals surface area contributed by atoms with Crippen molar-refractivity contribution in [3.8, 4) is 6.07 Å². The Bertz CT molecular complexity index is 742. The minimum Gasteiger partial charge on any atom is -0.198 e. The molecule has 0 saturated heterocycles. The van der Waals surface area contributed by atoms with Gasteiger partial charge in [-0.2, -0.15) is 5.26 Å². The molecule has 0 heterocycles. The Balaban J connectivity index is 0.00000192. The SMILES string of the molecule is Br.N#CCc1ccccc1P(c1ccccc1)c1ccccc1. The lowest BCUT2D eigenvalue weighted by Gasteiger charge is -2.21. The molecule has 0 spiro atoms. The summed E-state index contributed by atoms with van der Waals surface area (Å²) in [6.07, 6.45) is 0.453. The van der Waals surface area contributed by atoms with Crippen molar-refractivity contribution in [2.24, 2.45) is 0 Å². The molecule has 0 aliphatic heterocycles. The number of nitrogens with zero attached hydrogens (tertiary/aromatic N) is 1. The molecule has 0 unspecified atom stereocenters. The lowest BCUT2D eigenvalue weighted by atomic mass is 10.2. The Labute approximate surface area is 149 Å². The van der Waals surface area contributed by atoms with Gasteiger partial charge in [0.25, 0.3) is 0 Å². The van der Waals surface area contributed by atoms with Gasteiger partial charge in [0.1, 0.15) is 0 Å². The van der Waals surface area contributed by atoms with E-state index < -0.39 is 7.92 Å². The van der Waals surface area contributed by atoms with Crippen molar-refractivity contribution in [2.45, 2.75) is 6.42 Å². The van der Waals surface area contributed by atoms with Gasteiger partial charge in [-0.15, -0.1) is 17.0 Å². The molecule has 0 bridgehead atoms. The van der Waals surface area contributed by atoms with Crippen molar-refractivity contribution in [1.82, 2.24) is 0 Å². The summed E-state index contributed by atoms with van der Waals surface area (Å²) in [6, 6.07) is 31.8. The van der Waals surface area contributed by atoms with E-state index in [1.54, 1.807) is 0 Å². The van der Waals surface area contributed by atoms with Crippen LogP contribution in [0.3, 0.4) is 0 Å². The Morgan fingerprint density at radius 1 is 0.696 bits per heavy atom. The summed E-state index contributed by atoms with van der Waals surface area (Å²) in [7, 11) is -0.629. The lowest BCUT2D eigenvalue weighted by Crippen LogP contribution is -2.23. The molecule has 0 saturated carbocycles. The number of hydrogen-bond donors (Lipinski definition) is 0. The van der Waals surface area contributed by atoms with Crippen LogP contribution in [0.5, 0.6) is 0 Å². The average Bonchev–Trinajstić information content (AvgIpc) is 2.59. The molecule has 0 fully saturated rings. The second-order valence-corrected chi connectivity index (χ2v) is 7.16. The van der Waals surface area contributed by atoms with Gasteiger partial charge in [0.05, 0.1) is 12.5 Å². The van der Waals surface area contributed by atoms with Crippen LogP contribution in [0, 0.1) is 11.3 Å². The molecule has 0 radical (unpaired) electrons. The molecule has 114 valence electrons. The smallest absolute Gasteiger partial charge is 0.0669 e. The monoisotopic (exact) mass is 381 g/mol. The van der Waals surface area contributed by atoms with Crippen molar-refractivity contribution in [2.75, 3.05) is 0 Å². The topological polar surface area (TPSA) is 23.8 Å². The highest BCUT2D eigenvalue weighted by Gasteiger charge is 2.18. The maximum Gasteiger partial charge on any atom is 0.0669 e. The zero-order chi connectivity index (χ0) is 15.2. The molecule has 0 atom stereocenters. The number of benzene rings is 3. The van der Waals surface area contributed by atoms with Gasteiger partial charge in [0.15, 0.2) is 0 Å². The van der Waals surface area contributed by atoms with Crippen LogP contribution in [-0.2, 0) is 6.42 Å². The van der Waals surface area contributed by atoms with Crippen molar-refractivity contribution in [1.29, 1.82) is 5.26 Å². The van der Waals surface area contributed by atoms with Crippen molar-refractivity contribution >= 4 is 40.8 Å². The van der Waals surface area contributed by atoms with Crippen LogP contribution in [0.4, 0.5) is 0 Å². The van der Waals surface area contributed by atoms with Crippen LogP contribution in [0.15, 0.2) is 84.9 Å². The molecule has 0 aliphatic carbocycles. The first-order valence-electron chi connectivity index (χ1n) is 7.25. The fraction of sp³-hybridized carbons (Fsp3) is 0.0500. The molecule has 3 aromatic carbocycles. The van der Waals surface area contributed by atoms with Gasteiger partial charge in [-0.05, 0) is 29.4 Å². The molecule has 3 aromatic rings. The van der Waals surface area contributed by atoms with E-state index in [0.29, 0.717) is 6.42 Å². The second kappa shape index (κ2) is 8.63. The Hall–Kier alpha value is -1.94. The van der Waals surface area contributed by atoms with Crippen LogP contribution >= 0.6 is 24.9 Å². The van der Waals surface area contributed by atoms with Crippen molar-refractivity contribution in [3.05, 3.63) is 90.5 Å². The Kier molecular flexibility index (Phi) is 6.53. The second-order valence-electron chi connectivity index (χ2n) is 4.97. The van der Waals surface area contributed by atoms with Gasteiger partial charge >= 0.3 is 0 Å². The number of rotatable bonds is 4. The van der Waals surface area contributed by atoms with Gasteiger partial charge in [-0.25, -0.2) is 0 Å². The molecule has 3 rings (SSSR count). The van der Waals surface area contributed by atoms with E-state index in [9.17, 15) is 0 Å². The quantitative estimate of drug-likeness (QED) is 0.624. The minimum atomic E-state index is -0.629. The fourth-order valence-electron chi connectivity index (χ4n) is 2.55. The zero-order valence-electron chi connectivity index (χ0n) is 12.6. The van der Waals surface area contributed by atoms with E-state index in [0.717, 1.165) is 5.56 Å². The van der Waals surface area contributed by atoms with E-state index in [2.05, 4.69) is 72.8 Å². The summed E-state index contributed by atoms with van der Waals surface area (Å²) < 4.78 is 0. The molecule has 3 heteroatoms. The van der Waals surface area contributed by atoms with Crippen LogP contribution in [-0.4, -0.2) is 0 Å². The third kappa shape index (κ3) is 4.08. The standard InChI is InChI=1S/C20H16NP.BrH/c21-16-15-17-9-7-8-14-20(17)22(18-10-3-1-4-11-18)19-12-5-2-6-13-19;/h1-14H,15H2;1H. The molecule has 0 aliphatic rings. The summed E-state index contributed by atoms with van der Waals surface area (Å²) in [5.41, 5.74) is 1.13. The summed E-state index contributed by atoms with van der Waals surface area (Å²) >= 11 is 0. The summed E-state index contributed by atoms with van der Waals surface area (Å²) in [4.78, 5) is 0. The first-order chi connectivity index (χ1) is 10.9. The van der Waals surface area contributed by atoms with Crippen LogP contribution in [0.2, 0.25) is 0 Å². The van der Waals surface area contributed by atoms with E-state index >= 15 is 0 Å². The molecule has 23 heavy (non-hydrogen) atoms. The van der Waals surface area contributed by atoms with E-state index in [4.69, 9.17) is 5.26 Å². The highest BCUT2D eigenvalue weighted by atomic mass is 79.9. The first-order valence-corrected chi connectivity index (χ1v) is 8.59. The summed E-state index contributed by atoms with van der Waals surface area (Å²) in [6.45, 7) is 0. The third-order valence-corrected chi connectivity index (χ3v) is 6.08. The van der Waals surface area contributed by atoms with Gasteiger partial charge in [-0.3, -0.25) is 0 Å². The highest BCUT2D eigenvalue weighted by Crippen LogP contribution is 2.33. The summed E-state index contributed by atoms with van der Waals surface area (Å²) in [5, 5.41) is 13.0. The van der Waals surface area contributed by atoms with Crippen molar-refractivity contribution < 1.29 is 0 Å². The fourth-order valence-corrected chi connectivity index (χ4v) is 5.02. The number of hydrogen-bond acceptors (Lipinski definition) is 1. The molecule has 1 nitrogen and oxygen atoms in total. The molecule has 0 amide bonds. The predicted octanol–water partition coefficient (Wildman–Crippen LogP) is 4.09.